The fraction of sp³-hybridized carbons (Fsp3) is 0.280. The van der Waals surface area contributed by atoms with Crippen LogP contribution in [0.4, 0.5) is 17.1 Å². The molecule has 0 aromatic heterocycles. The number of rotatable bonds is 4. The van der Waals surface area contributed by atoms with Crippen LogP contribution in [0, 0.1) is 44.2 Å². The average molecular weight is 997 g/mol. The second-order valence-electron chi connectivity index (χ2n) is 7.23. The minimum absolute atomic E-state index is 0. The Morgan fingerprint density at radius 3 is 0.909 bits per heavy atom. The van der Waals surface area contributed by atoms with E-state index in [-0.39, 0.29) is 57.2 Å². The monoisotopic (exact) mass is 997 g/mol. The fourth-order valence-electron chi connectivity index (χ4n) is 2.10. The summed E-state index contributed by atoms with van der Waals surface area (Å²) in [5, 5.41) is 62.9. The van der Waals surface area contributed by atoms with Crippen molar-refractivity contribution in [3.8, 4) is 0 Å². The molecule has 19 heteroatoms. The van der Waals surface area contributed by atoms with Crippen LogP contribution < -0.4 is 5.46 Å². The molecule has 0 aliphatic rings. The Labute approximate surface area is 298 Å². The average Bonchev–Trinajstić information content (AvgIpc) is 2.85. The SMILES string of the molecule is C.C.C.C.CB(O)O.Cc1ccc([N+](=O)[O-])cc1.Cc1ccc([N+](=O)[O-])cc1.O=[N+]([O-])c1ccc(B(O)O)cc1.[I][V]([I])[I]. The molecular weight excluding hydrogens is 956 g/mol. The molecular formula is C25H41B2I3N3O10V. The first kappa shape index (κ1) is 55.0. The first-order chi connectivity index (χ1) is 18.5. The molecule has 0 amide bonds. The third-order valence-corrected chi connectivity index (χ3v) is 3.89. The number of nitro benzene ring substituents is 3. The summed E-state index contributed by atoms with van der Waals surface area (Å²) in [6, 6.07) is 17.9. The van der Waals surface area contributed by atoms with Crippen molar-refractivity contribution in [3.63, 3.8) is 0 Å². The molecule has 3 aromatic rings. The van der Waals surface area contributed by atoms with Crippen molar-refractivity contribution in [2.75, 3.05) is 0 Å². The van der Waals surface area contributed by atoms with Crippen LogP contribution in [0.1, 0.15) is 40.8 Å². The number of nitro groups is 3. The standard InChI is InChI=1S/2C7H7NO2.C6H6BNO4.CH5BO2.4CH4.3HI.V/c2*1-6-2-4-7(5-3-6)8(9)10;9-7(10)5-1-3-6(4-2-5)8(11)12;1-2(3)4;;;;;;;;/h2*2-5H,1H3;1-4,9-10H;3-4H,1H3;4*1H4;3*1H;/q;;;;;;;;;;;+3/p-3. The summed E-state index contributed by atoms with van der Waals surface area (Å²) < 4.78 is 0. The molecule has 0 saturated carbocycles. The van der Waals surface area contributed by atoms with E-state index in [1.807, 2.05) is 13.8 Å². The van der Waals surface area contributed by atoms with Crippen molar-refractivity contribution >= 4 is 96.7 Å². The van der Waals surface area contributed by atoms with Crippen LogP contribution in [0.2, 0.25) is 6.82 Å². The second kappa shape index (κ2) is 31.6. The van der Waals surface area contributed by atoms with Crippen LogP contribution in [-0.4, -0.2) is 49.1 Å². The Hall–Kier alpha value is -1.40. The Morgan fingerprint density at radius 2 is 0.750 bits per heavy atom. The molecule has 248 valence electrons. The van der Waals surface area contributed by atoms with Crippen LogP contribution in [0.5, 0.6) is 0 Å². The molecule has 0 fully saturated rings. The summed E-state index contributed by atoms with van der Waals surface area (Å²) in [4.78, 5) is 28.8. The van der Waals surface area contributed by atoms with Gasteiger partial charge in [0.05, 0.1) is 14.8 Å². The van der Waals surface area contributed by atoms with Gasteiger partial charge in [0.25, 0.3) is 17.1 Å². The molecule has 0 saturated heterocycles. The predicted octanol–water partition coefficient (Wildman–Crippen LogP) is 7.37. The number of halogens is 3. The first-order valence-electron chi connectivity index (χ1n) is 10.6. The molecule has 44 heavy (non-hydrogen) atoms. The van der Waals surface area contributed by atoms with Crippen molar-refractivity contribution < 1.29 is 39.8 Å². The van der Waals surface area contributed by atoms with Gasteiger partial charge in [-0.1, -0.05) is 77.2 Å². The van der Waals surface area contributed by atoms with Gasteiger partial charge in [-0.15, -0.1) is 0 Å². The van der Waals surface area contributed by atoms with E-state index in [0.29, 0.717) is 0 Å². The molecule has 3 aromatic carbocycles. The summed E-state index contributed by atoms with van der Waals surface area (Å²) in [6.45, 7) is 5.06. The summed E-state index contributed by atoms with van der Waals surface area (Å²) in [5.74, 6) is 0. The number of hydrogen-bond donors (Lipinski definition) is 4. The van der Waals surface area contributed by atoms with E-state index in [2.05, 4.69) is 59.9 Å². The third kappa shape index (κ3) is 32.0. The Balaban J connectivity index is -0.000000106. The Bertz CT molecular complexity index is 1100. The Kier molecular flexibility index (Phi) is 39.5. The van der Waals surface area contributed by atoms with Crippen molar-refractivity contribution in [2.24, 2.45) is 0 Å². The van der Waals surface area contributed by atoms with Crippen LogP contribution in [0.25, 0.3) is 0 Å². The van der Waals surface area contributed by atoms with Gasteiger partial charge in [-0.2, -0.15) is 0 Å². The van der Waals surface area contributed by atoms with E-state index < -0.39 is 29.0 Å². The molecule has 0 spiro atoms. The number of hydrogen-bond acceptors (Lipinski definition) is 10. The van der Waals surface area contributed by atoms with Crippen LogP contribution in [0.3, 0.4) is 0 Å². The summed E-state index contributed by atoms with van der Waals surface area (Å²) in [5.41, 5.74) is 2.52. The maximum atomic E-state index is 10.2. The van der Waals surface area contributed by atoms with Gasteiger partial charge in [0.15, 0.2) is 0 Å². The minimum atomic E-state index is -1.58. The second-order valence-corrected chi connectivity index (χ2v) is 42.6. The maximum absolute atomic E-state index is 10.2. The van der Waals surface area contributed by atoms with Crippen molar-refractivity contribution in [1.82, 2.24) is 0 Å². The molecule has 3 rings (SSSR count). The van der Waals surface area contributed by atoms with Gasteiger partial charge in [0.1, 0.15) is 0 Å². The topological polar surface area (TPSA) is 210 Å². The van der Waals surface area contributed by atoms with Crippen molar-refractivity contribution in [2.45, 2.75) is 50.4 Å². The van der Waals surface area contributed by atoms with Gasteiger partial charge < -0.3 is 20.1 Å². The van der Waals surface area contributed by atoms with Gasteiger partial charge in [-0.25, -0.2) is 0 Å². The van der Waals surface area contributed by atoms with Crippen LogP contribution in [0.15, 0.2) is 72.8 Å². The molecule has 0 heterocycles. The van der Waals surface area contributed by atoms with E-state index >= 15 is 0 Å². The molecule has 0 bridgehead atoms. The fourth-order valence-corrected chi connectivity index (χ4v) is 2.10. The number of nitrogens with zero attached hydrogens (tertiary/aromatic N) is 3. The summed E-state index contributed by atoms with van der Waals surface area (Å²) in [7, 11) is -2.74. The number of aryl methyl sites for hydroxylation is 2. The molecule has 13 nitrogen and oxygen atoms in total. The van der Waals surface area contributed by atoms with Crippen LogP contribution >= 0.6 is 59.9 Å². The zero-order valence-corrected chi connectivity index (χ0v) is 29.1. The number of benzene rings is 3. The Morgan fingerprint density at radius 1 is 0.568 bits per heavy atom. The van der Waals surface area contributed by atoms with Gasteiger partial charge in [-0.3, -0.25) is 30.3 Å². The van der Waals surface area contributed by atoms with Gasteiger partial charge in [0.2, 0.25) is 0 Å². The summed E-state index contributed by atoms with van der Waals surface area (Å²) >= 11 is 7.39. The van der Waals surface area contributed by atoms with Crippen molar-refractivity contribution in [1.29, 1.82) is 0 Å². The van der Waals surface area contributed by atoms with Crippen LogP contribution in [-0.2, 0) is 4.92 Å². The molecule has 0 unspecified atom stereocenters. The van der Waals surface area contributed by atoms with E-state index in [1.54, 1.807) is 24.3 Å². The van der Waals surface area contributed by atoms with Gasteiger partial charge >= 0.3 is 79.1 Å². The predicted molar refractivity (Wildman–Crippen MR) is 204 cm³/mol. The molecule has 0 radical (unpaired) electrons. The molecule has 0 atom stereocenters. The van der Waals surface area contributed by atoms with Gasteiger partial charge in [0, 0.05) is 36.4 Å². The van der Waals surface area contributed by atoms with E-state index in [4.69, 9.17) is 20.1 Å². The van der Waals surface area contributed by atoms with E-state index in [0.717, 1.165) is 11.1 Å². The zero-order chi connectivity index (χ0) is 31.4. The van der Waals surface area contributed by atoms with E-state index in [1.165, 1.54) is 55.4 Å². The summed E-state index contributed by atoms with van der Waals surface area (Å²) in [6.07, 6.45) is 0. The quantitative estimate of drug-likeness (QED) is 0.0883. The van der Waals surface area contributed by atoms with E-state index in [9.17, 15) is 30.3 Å². The zero-order valence-electron chi connectivity index (χ0n) is 21.2. The molecule has 0 aliphatic heterocycles. The van der Waals surface area contributed by atoms with Crippen molar-refractivity contribution in [3.05, 3.63) is 114 Å². The first-order valence-corrected chi connectivity index (χ1v) is 24.2. The normalized spacial score (nSPS) is 8.25. The third-order valence-electron chi connectivity index (χ3n) is 3.89. The molecule has 0 aliphatic carbocycles. The molecule has 4 N–H and O–H groups in total. The van der Waals surface area contributed by atoms with Gasteiger partial charge in [-0.05, 0) is 26.1 Å². The number of non-ortho nitro benzene ring substituents is 3.